The van der Waals surface area contributed by atoms with Gasteiger partial charge in [0, 0.05) is 43.9 Å². The summed E-state index contributed by atoms with van der Waals surface area (Å²) in [4.78, 5) is 30.5. The molecule has 2 aliphatic rings. The third kappa shape index (κ3) is 3.40. The Morgan fingerprint density at radius 3 is 2.73 bits per heavy atom. The molecule has 1 saturated heterocycles. The van der Waals surface area contributed by atoms with E-state index in [1.165, 1.54) is 10.9 Å². The topological polar surface area (TPSA) is 96.6 Å². The molecule has 9 nitrogen and oxygen atoms in total. The van der Waals surface area contributed by atoms with Crippen LogP contribution >= 0.6 is 0 Å². The van der Waals surface area contributed by atoms with E-state index in [0.717, 1.165) is 62.0 Å². The summed E-state index contributed by atoms with van der Waals surface area (Å²) in [5.74, 6) is 0.990. The number of hydrogen-bond donors (Lipinski definition) is 1. The van der Waals surface area contributed by atoms with Crippen LogP contribution in [0.4, 0.5) is 11.5 Å². The van der Waals surface area contributed by atoms with Gasteiger partial charge in [0.2, 0.25) is 0 Å². The molecule has 0 atom stereocenters. The second-order valence-electron chi connectivity index (χ2n) is 7.57. The maximum atomic E-state index is 12.5. The van der Waals surface area contributed by atoms with Crippen LogP contribution in [0.2, 0.25) is 0 Å². The first-order valence-corrected chi connectivity index (χ1v) is 10.2. The highest BCUT2D eigenvalue weighted by molar-refractivity contribution is 5.81. The summed E-state index contributed by atoms with van der Waals surface area (Å²) in [6.07, 6.45) is 4.00. The van der Waals surface area contributed by atoms with Crippen LogP contribution in [0.5, 0.6) is 0 Å². The van der Waals surface area contributed by atoms with Gasteiger partial charge in [0.1, 0.15) is 12.1 Å². The lowest BCUT2D eigenvalue weighted by Crippen LogP contribution is -2.47. The Balaban J connectivity index is 1.34. The van der Waals surface area contributed by atoms with Crippen molar-refractivity contribution < 1.29 is 9.84 Å². The molecule has 2 aliphatic heterocycles. The number of fused-ring (bicyclic) bond motifs is 2. The molecule has 9 heteroatoms. The Labute approximate surface area is 173 Å². The van der Waals surface area contributed by atoms with Crippen LogP contribution in [0, 0.1) is 0 Å². The predicted molar refractivity (Wildman–Crippen MR) is 113 cm³/mol. The summed E-state index contributed by atoms with van der Waals surface area (Å²) < 4.78 is 7.06. The zero-order chi connectivity index (χ0) is 20.5. The molecule has 4 heterocycles. The molecule has 0 spiro atoms. The fourth-order valence-electron chi connectivity index (χ4n) is 4.20. The van der Waals surface area contributed by atoms with Crippen LogP contribution < -0.4 is 15.4 Å². The third-order valence-electron chi connectivity index (χ3n) is 5.84. The summed E-state index contributed by atoms with van der Waals surface area (Å²) in [5.41, 5.74) is 3.83. The van der Waals surface area contributed by atoms with Gasteiger partial charge < -0.3 is 19.6 Å². The van der Waals surface area contributed by atoms with Gasteiger partial charge in [-0.25, -0.2) is 15.0 Å². The molecule has 0 radical (unpaired) electrons. The van der Waals surface area contributed by atoms with Gasteiger partial charge in [-0.3, -0.25) is 9.36 Å². The SMILES string of the molecule is O=c1c2ccc(N3CCN(c4ncnc5c4COCC5)CC3)cc2ncn1CCO. The molecule has 0 bridgehead atoms. The summed E-state index contributed by atoms with van der Waals surface area (Å²) in [6, 6.07) is 5.78. The van der Waals surface area contributed by atoms with Gasteiger partial charge in [0.15, 0.2) is 0 Å². The first-order valence-electron chi connectivity index (χ1n) is 10.2. The molecule has 2 aromatic heterocycles. The van der Waals surface area contributed by atoms with Crippen molar-refractivity contribution in [1.29, 1.82) is 0 Å². The first-order chi connectivity index (χ1) is 14.7. The predicted octanol–water partition coefficient (Wildman–Crippen LogP) is 0.578. The molecule has 3 aromatic rings. The monoisotopic (exact) mass is 408 g/mol. The van der Waals surface area contributed by atoms with E-state index >= 15 is 0 Å². The summed E-state index contributed by atoms with van der Waals surface area (Å²) in [7, 11) is 0. The number of benzene rings is 1. The summed E-state index contributed by atoms with van der Waals surface area (Å²) in [5, 5.41) is 9.66. The van der Waals surface area contributed by atoms with Gasteiger partial charge in [0.25, 0.3) is 5.56 Å². The minimum Gasteiger partial charge on any atom is -0.395 e. The minimum atomic E-state index is -0.124. The van der Waals surface area contributed by atoms with Gasteiger partial charge in [-0.2, -0.15) is 0 Å². The van der Waals surface area contributed by atoms with E-state index in [2.05, 4.69) is 24.8 Å². The van der Waals surface area contributed by atoms with Crippen LogP contribution in [0.1, 0.15) is 11.3 Å². The van der Waals surface area contributed by atoms with Crippen molar-refractivity contribution in [3.63, 3.8) is 0 Å². The number of aliphatic hydroxyl groups excluding tert-OH is 1. The Morgan fingerprint density at radius 2 is 1.90 bits per heavy atom. The van der Waals surface area contributed by atoms with Gasteiger partial charge in [-0.15, -0.1) is 0 Å². The van der Waals surface area contributed by atoms with E-state index in [-0.39, 0.29) is 18.7 Å². The van der Waals surface area contributed by atoms with Crippen molar-refractivity contribution in [2.24, 2.45) is 0 Å². The number of aliphatic hydroxyl groups is 1. The molecule has 0 aliphatic carbocycles. The lowest BCUT2D eigenvalue weighted by Gasteiger charge is -2.38. The minimum absolute atomic E-state index is 0.0862. The zero-order valence-electron chi connectivity index (χ0n) is 16.7. The van der Waals surface area contributed by atoms with Gasteiger partial charge in [-0.1, -0.05) is 0 Å². The zero-order valence-corrected chi connectivity index (χ0v) is 16.7. The summed E-state index contributed by atoms with van der Waals surface area (Å²) in [6.45, 7) is 4.88. The van der Waals surface area contributed by atoms with E-state index in [1.54, 1.807) is 6.33 Å². The standard InChI is InChI=1S/C21H24N6O3/c28-9-8-27-14-24-19-11-15(1-2-16(19)21(27)29)25-4-6-26(7-5-25)20-17-12-30-10-3-18(17)22-13-23-20/h1-2,11,13-14,28H,3-10,12H2. The number of rotatable bonds is 4. The van der Waals surface area contributed by atoms with Gasteiger partial charge in [-0.05, 0) is 18.2 Å². The van der Waals surface area contributed by atoms with Crippen LogP contribution in [-0.2, 0) is 24.3 Å². The maximum Gasteiger partial charge on any atom is 0.261 e. The number of anilines is 2. The molecule has 0 unspecified atom stereocenters. The van der Waals surface area contributed by atoms with E-state index < -0.39 is 0 Å². The van der Waals surface area contributed by atoms with E-state index in [9.17, 15) is 4.79 Å². The van der Waals surface area contributed by atoms with E-state index in [0.29, 0.717) is 17.5 Å². The van der Waals surface area contributed by atoms with Crippen LogP contribution in [0.15, 0.2) is 35.6 Å². The molecule has 1 N–H and O–H groups in total. The van der Waals surface area contributed by atoms with E-state index in [4.69, 9.17) is 9.84 Å². The molecular formula is C21H24N6O3. The number of ether oxygens (including phenoxy) is 1. The first kappa shape index (κ1) is 19.0. The Bertz CT molecular complexity index is 1120. The van der Waals surface area contributed by atoms with Crippen LogP contribution in [0.3, 0.4) is 0 Å². The molecule has 156 valence electrons. The average Bonchev–Trinajstić information content (AvgIpc) is 2.80. The quantitative estimate of drug-likeness (QED) is 0.670. The van der Waals surface area contributed by atoms with Crippen molar-refractivity contribution in [1.82, 2.24) is 19.5 Å². The average molecular weight is 408 g/mol. The van der Waals surface area contributed by atoms with Crippen molar-refractivity contribution in [3.05, 3.63) is 52.5 Å². The highest BCUT2D eigenvalue weighted by atomic mass is 16.5. The second kappa shape index (κ2) is 8.00. The number of hydrogen-bond acceptors (Lipinski definition) is 8. The molecule has 1 fully saturated rings. The fourth-order valence-corrected chi connectivity index (χ4v) is 4.20. The van der Waals surface area contributed by atoms with Crippen molar-refractivity contribution in [2.45, 2.75) is 19.6 Å². The van der Waals surface area contributed by atoms with Gasteiger partial charge >= 0.3 is 0 Å². The van der Waals surface area contributed by atoms with Crippen LogP contribution in [-0.4, -0.2) is 64.0 Å². The number of nitrogens with zero attached hydrogens (tertiary/aromatic N) is 6. The maximum absolute atomic E-state index is 12.5. The molecule has 5 rings (SSSR count). The molecular weight excluding hydrogens is 384 g/mol. The third-order valence-corrected chi connectivity index (χ3v) is 5.84. The van der Waals surface area contributed by atoms with Crippen molar-refractivity contribution >= 4 is 22.4 Å². The highest BCUT2D eigenvalue weighted by Crippen LogP contribution is 2.27. The summed E-state index contributed by atoms with van der Waals surface area (Å²) >= 11 is 0. The lowest BCUT2D eigenvalue weighted by atomic mass is 10.1. The molecule has 0 amide bonds. The number of piperazine rings is 1. The normalized spacial score (nSPS) is 16.7. The van der Waals surface area contributed by atoms with E-state index in [1.807, 2.05) is 18.2 Å². The fraction of sp³-hybridized carbons (Fsp3) is 0.429. The number of aromatic nitrogens is 4. The molecule has 0 saturated carbocycles. The van der Waals surface area contributed by atoms with Crippen molar-refractivity contribution in [3.8, 4) is 0 Å². The lowest BCUT2D eigenvalue weighted by molar-refractivity contribution is 0.109. The Morgan fingerprint density at radius 1 is 1.07 bits per heavy atom. The van der Waals surface area contributed by atoms with Crippen molar-refractivity contribution in [2.75, 3.05) is 49.2 Å². The van der Waals surface area contributed by atoms with Gasteiger partial charge in [0.05, 0.1) is 49.3 Å². The Kier molecular flexibility index (Phi) is 5.06. The Hall–Kier alpha value is -3.04. The second-order valence-corrected chi connectivity index (χ2v) is 7.57. The van der Waals surface area contributed by atoms with Crippen LogP contribution in [0.25, 0.3) is 10.9 Å². The highest BCUT2D eigenvalue weighted by Gasteiger charge is 2.24. The molecule has 1 aromatic carbocycles. The largest absolute Gasteiger partial charge is 0.395 e. The smallest absolute Gasteiger partial charge is 0.261 e. The molecule has 30 heavy (non-hydrogen) atoms.